The van der Waals surface area contributed by atoms with Gasteiger partial charge in [-0.2, -0.15) is 5.26 Å². The molecule has 13 nitrogen and oxygen atoms in total. The Balaban J connectivity index is 0.981. The number of rotatable bonds is 13. The van der Waals surface area contributed by atoms with Crippen LogP contribution in [0.3, 0.4) is 0 Å². The molecule has 2 aromatic heterocycles. The quantitative estimate of drug-likeness (QED) is 0.0989. The maximum atomic E-state index is 16.5. The minimum Gasteiger partial charge on any atom is -0.465 e. The second-order valence-corrected chi connectivity index (χ2v) is 20.0. The number of alkyl halides is 1. The summed E-state index contributed by atoms with van der Waals surface area (Å²) in [6.07, 6.45) is 8.18. The van der Waals surface area contributed by atoms with E-state index in [1.54, 1.807) is 47.5 Å². The number of hydrogen-bond acceptors (Lipinski definition) is 10. The SMILES string of the molecule is CCCOC(=O)[C@H](C)NP(=O)(Oc1ccccc1)[C@@H](F)c1ccc2sc(C(=O)N[C@H]3CCC[C@H]4CC[C@@H](C(=O)N5C[C@@H](c6cncc(Cl)c6)[C@H](C#N)C56CC6)N4C3=O)cc2c1. The minimum atomic E-state index is -4.46. The van der Waals surface area contributed by atoms with Crippen LogP contribution in [0.15, 0.2) is 73.1 Å². The van der Waals surface area contributed by atoms with Crippen molar-refractivity contribution >= 4 is 64.2 Å². The number of amides is 3. The van der Waals surface area contributed by atoms with Crippen LogP contribution in [0.5, 0.6) is 5.75 Å². The molecule has 1 unspecified atom stereocenters. The van der Waals surface area contributed by atoms with Crippen LogP contribution in [-0.2, 0) is 23.7 Å². The first kappa shape index (κ1) is 42.8. The summed E-state index contributed by atoms with van der Waals surface area (Å²) in [4.78, 5) is 63.4. The first-order chi connectivity index (χ1) is 29.4. The lowest BCUT2D eigenvalue weighted by Gasteiger charge is -2.35. The molecule has 1 spiro atoms. The average Bonchev–Trinajstić information content (AvgIpc) is 3.62. The van der Waals surface area contributed by atoms with Gasteiger partial charge in [-0.1, -0.05) is 42.8 Å². The highest BCUT2D eigenvalue weighted by Gasteiger charge is 2.64. The molecule has 320 valence electrons. The maximum Gasteiger partial charge on any atom is 0.355 e. The molecule has 3 saturated heterocycles. The minimum absolute atomic E-state index is 0.00972. The summed E-state index contributed by atoms with van der Waals surface area (Å²) < 4.78 is 42.5. The Morgan fingerprint density at radius 1 is 1.10 bits per heavy atom. The summed E-state index contributed by atoms with van der Waals surface area (Å²) in [5.41, 5.74) is 0.229. The van der Waals surface area contributed by atoms with E-state index in [2.05, 4.69) is 21.5 Å². The van der Waals surface area contributed by atoms with Crippen molar-refractivity contribution in [2.24, 2.45) is 5.92 Å². The van der Waals surface area contributed by atoms with E-state index in [0.717, 1.165) is 5.56 Å². The molecule has 0 bridgehead atoms. The van der Waals surface area contributed by atoms with E-state index in [9.17, 15) is 29.0 Å². The van der Waals surface area contributed by atoms with E-state index in [4.69, 9.17) is 20.9 Å². The topological polar surface area (TPSA) is 171 Å². The molecule has 4 fully saturated rings. The van der Waals surface area contributed by atoms with Gasteiger partial charge in [-0.3, -0.25) is 28.7 Å². The molecular formula is C44H47ClFN6O7PS. The Morgan fingerprint density at radius 2 is 1.89 bits per heavy atom. The number of nitriles is 1. The molecule has 61 heavy (non-hydrogen) atoms. The summed E-state index contributed by atoms with van der Waals surface area (Å²) in [6.45, 7) is 3.75. The normalized spacial score (nSPS) is 24.9. The number of carbonyl (C=O) groups is 4. The fourth-order valence-corrected chi connectivity index (χ4v) is 12.3. The maximum absolute atomic E-state index is 16.5. The second-order valence-electron chi connectivity index (χ2n) is 16.4. The van der Waals surface area contributed by atoms with Crippen LogP contribution in [0, 0.1) is 17.2 Å². The van der Waals surface area contributed by atoms with Crippen LogP contribution < -0.4 is 14.9 Å². The first-order valence-corrected chi connectivity index (χ1v) is 23.7. The van der Waals surface area contributed by atoms with Crippen molar-refractivity contribution < 1.29 is 37.4 Å². The van der Waals surface area contributed by atoms with E-state index in [1.165, 1.54) is 48.7 Å². The van der Waals surface area contributed by atoms with Crippen LogP contribution in [0.2, 0.25) is 5.02 Å². The number of nitrogens with one attached hydrogen (secondary N) is 2. The third kappa shape index (κ3) is 8.40. The highest BCUT2D eigenvalue weighted by atomic mass is 35.5. The van der Waals surface area contributed by atoms with Crippen LogP contribution in [0.4, 0.5) is 4.39 Å². The highest BCUT2D eigenvalue weighted by molar-refractivity contribution is 7.57. The van der Waals surface area contributed by atoms with Gasteiger partial charge in [0.2, 0.25) is 17.7 Å². The Labute approximate surface area is 362 Å². The molecule has 3 amide bonds. The predicted octanol–water partition coefficient (Wildman–Crippen LogP) is 8.06. The summed E-state index contributed by atoms with van der Waals surface area (Å²) in [5.74, 6) is -4.39. The van der Waals surface area contributed by atoms with E-state index in [1.807, 2.05) is 11.8 Å². The number of benzene rings is 2. The van der Waals surface area contributed by atoms with E-state index in [-0.39, 0.29) is 46.6 Å². The molecule has 17 heteroatoms. The summed E-state index contributed by atoms with van der Waals surface area (Å²) in [7, 11) is -4.46. The molecule has 4 aliphatic rings. The van der Waals surface area contributed by atoms with Crippen molar-refractivity contribution in [3.63, 3.8) is 0 Å². The monoisotopic (exact) mass is 888 g/mol. The Morgan fingerprint density at radius 3 is 2.61 bits per heavy atom. The largest absolute Gasteiger partial charge is 0.465 e. The van der Waals surface area contributed by atoms with Crippen molar-refractivity contribution in [1.82, 2.24) is 25.2 Å². The fourth-order valence-electron chi connectivity index (χ4n) is 9.27. The third-order valence-corrected chi connectivity index (χ3v) is 15.8. The lowest BCUT2D eigenvalue weighted by atomic mass is 9.85. The molecule has 2 N–H and O–H groups in total. The number of thiophene rings is 1. The van der Waals surface area contributed by atoms with E-state index in [0.29, 0.717) is 73.0 Å². The molecule has 3 aliphatic heterocycles. The number of pyridine rings is 1. The number of halogens is 2. The summed E-state index contributed by atoms with van der Waals surface area (Å²) in [6, 6.07) is 15.7. The number of likely N-dealkylation sites (tertiary alicyclic amines) is 1. The van der Waals surface area contributed by atoms with Gasteiger partial charge in [0.25, 0.3) is 5.91 Å². The molecular weight excluding hydrogens is 842 g/mol. The fraction of sp³-hybridized carbons (Fsp3) is 0.455. The van der Waals surface area contributed by atoms with Gasteiger partial charge in [0, 0.05) is 35.6 Å². The van der Waals surface area contributed by atoms with Crippen molar-refractivity contribution in [1.29, 1.82) is 5.26 Å². The standard InChI is InChI=1S/C44H47ClFN6O7PS/c1-3-18-58-43(56)26(2)50-60(57,59-32-9-5-4-6-10-32)39(46)27-12-15-37-28(19-27)21-38(61-37)40(53)49-35-11-7-8-31-13-14-36(52(31)41(35)54)42(55)51-25-33(29-20-30(45)24-48-23-29)34(22-47)44(51)16-17-44/h4-6,9-10,12,15,19-21,23-24,26,31,33-36,39H,3,7-8,11,13-14,16-18,25H2,1-2H3,(H,49,53)(H,50,57)/t26-,31-,33-,34-,35-,36-,39+,60?/m0/s1. The number of para-hydroxylation sites is 1. The first-order valence-electron chi connectivity index (χ1n) is 20.8. The number of fused-ring (bicyclic) bond motifs is 2. The Hall–Kier alpha value is -4.87. The molecule has 5 heterocycles. The lowest BCUT2D eigenvalue weighted by Crippen LogP contribution is -2.56. The van der Waals surface area contributed by atoms with Crippen LogP contribution in [0.25, 0.3) is 10.1 Å². The van der Waals surface area contributed by atoms with Crippen molar-refractivity contribution in [2.75, 3.05) is 13.2 Å². The van der Waals surface area contributed by atoms with Crippen LogP contribution in [-0.4, -0.2) is 81.3 Å². The smallest absolute Gasteiger partial charge is 0.355 e. The van der Waals surface area contributed by atoms with E-state index >= 15 is 4.39 Å². The molecule has 1 aliphatic carbocycles. The number of carbonyl (C=O) groups excluding carboxylic acids is 4. The zero-order chi connectivity index (χ0) is 43.1. The molecule has 2 aromatic carbocycles. The van der Waals surface area contributed by atoms with Gasteiger partial charge in [0.1, 0.15) is 23.9 Å². The van der Waals surface area contributed by atoms with Crippen LogP contribution >= 0.6 is 30.5 Å². The lowest BCUT2D eigenvalue weighted by molar-refractivity contribution is -0.147. The zero-order valence-corrected chi connectivity index (χ0v) is 36.3. The zero-order valence-electron chi connectivity index (χ0n) is 33.8. The van der Waals surface area contributed by atoms with Gasteiger partial charge in [0.15, 0.2) is 0 Å². The number of nitrogens with zero attached hydrogens (tertiary/aromatic N) is 4. The van der Waals surface area contributed by atoms with Gasteiger partial charge in [-0.15, -0.1) is 11.3 Å². The summed E-state index contributed by atoms with van der Waals surface area (Å²) in [5, 5.41) is 16.8. The highest BCUT2D eigenvalue weighted by Crippen LogP contribution is 2.59. The number of ether oxygens (including phenoxy) is 1. The van der Waals surface area contributed by atoms with Gasteiger partial charge in [-0.25, -0.2) is 9.48 Å². The molecule has 4 aromatic rings. The molecule has 8 rings (SSSR count). The van der Waals surface area contributed by atoms with Gasteiger partial charge < -0.3 is 24.4 Å². The third-order valence-electron chi connectivity index (χ3n) is 12.4. The molecule has 1 saturated carbocycles. The van der Waals surface area contributed by atoms with Crippen molar-refractivity contribution in [3.8, 4) is 11.8 Å². The number of aromatic nitrogens is 1. The Bertz CT molecular complexity index is 2430. The van der Waals surface area contributed by atoms with E-state index < -0.39 is 54.9 Å². The van der Waals surface area contributed by atoms with Gasteiger partial charge in [-0.05, 0) is 111 Å². The molecule has 0 radical (unpaired) electrons. The second kappa shape index (κ2) is 17.5. The summed E-state index contributed by atoms with van der Waals surface area (Å²) >= 11 is 7.43. The van der Waals surface area contributed by atoms with Crippen molar-refractivity contribution in [2.45, 2.75) is 107 Å². The molecule has 8 atom stereocenters. The van der Waals surface area contributed by atoms with Gasteiger partial charge in [0.05, 0.1) is 34.0 Å². The Kier molecular flexibility index (Phi) is 12.3. The van der Waals surface area contributed by atoms with Crippen molar-refractivity contribution in [3.05, 3.63) is 94.1 Å². The predicted molar refractivity (Wildman–Crippen MR) is 228 cm³/mol. The average molecular weight is 889 g/mol. The van der Waals surface area contributed by atoms with Crippen LogP contribution in [0.1, 0.15) is 97.8 Å². The van der Waals surface area contributed by atoms with Gasteiger partial charge >= 0.3 is 13.5 Å². The number of esters is 1. The number of hydrogen-bond donors (Lipinski definition) is 2.